The summed E-state index contributed by atoms with van der Waals surface area (Å²) < 4.78 is 0. The van der Waals surface area contributed by atoms with Gasteiger partial charge in [-0.05, 0) is 45.0 Å². The first-order valence-electron chi connectivity index (χ1n) is 6.20. The van der Waals surface area contributed by atoms with Gasteiger partial charge in [0.25, 0.3) is 0 Å². The summed E-state index contributed by atoms with van der Waals surface area (Å²) in [5.41, 5.74) is 2.66. The van der Waals surface area contributed by atoms with Crippen molar-refractivity contribution >= 4 is 5.69 Å². The number of nitrogens with one attached hydrogen (secondary N) is 1. The van der Waals surface area contributed by atoms with Crippen LogP contribution in [0.5, 0.6) is 0 Å². The van der Waals surface area contributed by atoms with Crippen molar-refractivity contribution in [2.75, 3.05) is 25.0 Å². The van der Waals surface area contributed by atoms with Crippen LogP contribution in [0.25, 0.3) is 0 Å². The average Bonchev–Trinajstić information content (AvgIpc) is 2.31. The molecule has 1 aromatic rings. The summed E-state index contributed by atoms with van der Waals surface area (Å²) >= 11 is 0. The Morgan fingerprint density at radius 3 is 2.56 bits per heavy atom. The molecule has 0 amide bonds. The van der Waals surface area contributed by atoms with Gasteiger partial charge in [-0.3, -0.25) is 0 Å². The molecule has 1 N–H and O–H groups in total. The van der Waals surface area contributed by atoms with Crippen LogP contribution >= 0.6 is 0 Å². The van der Waals surface area contributed by atoms with Gasteiger partial charge in [-0.15, -0.1) is 0 Å². The summed E-state index contributed by atoms with van der Waals surface area (Å²) in [6, 6.07) is 9.30. The molecule has 0 radical (unpaired) electrons. The van der Waals surface area contributed by atoms with Crippen LogP contribution in [-0.4, -0.2) is 26.2 Å². The van der Waals surface area contributed by atoms with Crippen molar-refractivity contribution in [3.05, 3.63) is 29.8 Å². The van der Waals surface area contributed by atoms with Crippen molar-refractivity contribution in [1.82, 2.24) is 5.32 Å². The molecule has 16 heavy (non-hydrogen) atoms. The number of nitrogens with zero attached hydrogens (tertiary/aromatic N) is 1. The van der Waals surface area contributed by atoms with E-state index in [-0.39, 0.29) is 0 Å². The second-order valence-corrected chi connectivity index (χ2v) is 4.27. The third kappa shape index (κ3) is 3.53. The first-order valence-corrected chi connectivity index (χ1v) is 6.20. The summed E-state index contributed by atoms with van der Waals surface area (Å²) in [7, 11) is 2.04. The Bertz CT molecular complexity index is 305. The molecule has 90 valence electrons. The minimum Gasteiger partial charge on any atom is -0.370 e. The van der Waals surface area contributed by atoms with E-state index >= 15 is 0 Å². The second kappa shape index (κ2) is 6.54. The van der Waals surface area contributed by atoms with Crippen molar-refractivity contribution < 1.29 is 0 Å². The topological polar surface area (TPSA) is 15.3 Å². The van der Waals surface area contributed by atoms with Gasteiger partial charge in [0.2, 0.25) is 0 Å². The molecule has 0 aliphatic heterocycles. The molecule has 0 bridgehead atoms. The van der Waals surface area contributed by atoms with E-state index < -0.39 is 0 Å². The number of likely N-dealkylation sites (N-methyl/N-ethyl adjacent to an activating group) is 2. The lowest BCUT2D eigenvalue weighted by Gasteiger charge is -2.28. The Balaban J connectivity index is 2.74. The van der Waals surface area contributed by atoms with Crippen LogP contribution in [0, 0.1) is 6.92 Å². The smallest absolute Gasteiger partial charge is 0.0369 e. The van der Waals surface area contributed by atoms with Crippen LogP contribution in [0.2, 0.25) is 0 Å². The third-order valence-corrected chi connectivity index (χ3v) is 3.09. The van der Waals surface area contributed by atoms with E-state index in [2.05, 4.69) is 55.3 Å². The van der Waals surface area contributed by atoms with E-state index in [4.69, 9.17) is 0 Å². The Morgan fingerprint density at radius 2 is 2.06 bits per heavy atom. The van der Waals surface area contributed by atoms with Crippen molar-refractivity contribution in [3.8, 4) is 0 Å². The van der Waals surface area contributed by atoms with Gasteiger partial charge in [0.1, 0.15) is 0 Å². The largest absolute Gasteiger partial charge is 0.370 e. The van der Waals surface area contributed by atoms with Crippen LogP contribution in [0.15, 0.2) is 24.3 Å². The quantitative estimate of drug-likeness (QED) is 0.793. The highest BCUT2D eigenvalue weighted by Gasteiger charge is 2.10. The molecule has 0 heterocycles. The lowest BCUT2D eigenvalue weighted by atomic mass is 10.1. The minimum atomic E-state index is 0.570. The Labute approximate surface area is 99.7 Å². The van der Waals surface area contributed by atoms with Crippen LogP contribution in [0.4, 0.5) is 5.69 Å². The molecule has 0 saturated heterocycles. The molecule has 0 fully saturated rings. The first-order chi connectivity index (χ1) is 7.71. The lowest BCUT2D eigenvalue weighted by Crippen LogP contribution is -2.39. The summed E-state index contributed by atoms with van der Waals surface area (Å²) in [4.78, 5) is 2.43. The SMILES string of the molecule is CCC(CN(CC)c1cccc(C)c1)NC. The number of aryl methyl sites for hydroxylation is 1. The van der Waals surface area contributed by atoms with Gasteiger partial charge in [-0.1, -0.05) is 19.1 Å². The van der Waals surface area contributed by atoms with Gasteiger partial charge in [-0.25, -0.2) is 0 Å². The van der Waals surface area contributed by atoms with E-state index in [1.54, 1.807) is 0 Å². The van der Waals surface area contributed by atoms with Crippen LogP contribution < -0.4 is 10.2 Å². The molecule has 1 aromatic carbocycles. The van der Waals surface area contributed by atoms with E-state index in [1.165, 1.54) is 17.7 Å². The van der Waals surface area contributed by atoms with Crippen LogP contribution in [0.1, 0.15) is 25.8 Å². The number of anilines is 1. The summed E-state index contributed by atoms with van der Waals surface area (Å²) in [5.74, 6) is 0. The number of hydrogen-bond donors (Lipinski definition) is 1. The molecule has 1 rings (SSSR count). The van der Waals surface area contributed by atoms with Crippen LogP contribution in [0.3, 0.4) is 0 Å². The van der Waals surface area contributed by atoms with E-state index in [1.807, 2.05) is 7.05 Å². The zero-order valence-electron chi connectivity index (χ0n) is 11.0. The molecule has 2 heteroatoms. The predicted octanol–water partition coefficient (Wildman–Crippen LogP) is 2.82. The molecule has 1 unspecified atom stereocenters. The molecule has 0 aliphatic rings. The summed E-state index contributed by atoms with van der Waals surface area (Å²) in [6.45, 7) is 8.72. The van der Waals surface area contributed by atoms with Gasteiger partial charge in [-0.2, -0.15) is 0 Å². The van der Waals surface area contributed by atoms with Crippen molar-refractivity contribution in [1.29, 1.82) is 0 Å². The summed E-state index contributed by atoms with van der Waals surface area (Å²) in [6.07, 6.45) is 1.17. The van der Waals surface area contributed by atoms with Gasteiger partial charge in [0.15, 0.2) is 0 Å². The molecular weight excluding hydrogens is 196 g/mol. The molecular formula is C14H24N2. The van der Waals surface area contributed by atoms with E-state index in [0.717, 1.165) is 13.1 Å². The number of hydrogen-bond acceptors (Lipinski definition) is 2. The van der Waals surface area contributed by atoms with Gasteiger partial charge >= 0.3 is 0 Å². The molecule has 2 nitrogen and oxygen atoms in total. The highest BCUT2D eigenvalue weighted by atomic mass is 15.1. The number of benzene rings is 1. The minimum absolute atomic E-state index is 0.570. The molecule has 0 saturated carbocycles. The maximum absolute atomic E-state index is 3.36. The maximum atomic E-state index is 3.36. The highest BCUT2D eigenvalue weighted by molar-refractivity contribution is 5.48. The zero-order valence-corrected chi connectivity index (χ0v) is 11.0. The Morgan fingerprint density at radius 1 is 1.31 bits per heavy atom. The summed E-state index contributed by atoms with van der Waals surface area (Å²) in [5, 5.41) is 3.36. The molecule has 0 aliphatic carbocycles. The van der Waals surface area contributed by atoms with Crippen molar-refractivity contribution in [2.24, 2.45) is 0 Å². The Hall–Kier alpha value is -1.02. The first kappa shape index (κ1) is 13.0. The van der Waals surface area contributed by atoms with Gasteiger partial charge < -0.3 is 10.2 Å². The lowest BCUT2D eigenvalue weighted by molar-refractivity contribution is 0.535. The predicted molar refractivity (Wildman–Crippen MR) is 72.2 cm³/mol. The van der Waals surface area contributed by atoms with Crippen LogP contribution in [-0.2, 0) is 0 Å². The fourth-order valence-electron chi connectivity index (χ4n) is 1.93. The molecule has 1 atom stereocenters. The van der Waals surface area contributed by atoms with Gasteiger partial charge in [0, 0.05) is 24.8 Å². The highest BCUT2D eigenvalue weighted by Crippen LogP contribution is 2.16. The molecule has 0 aromatic heterocycles. The maximum Gasteiger partial charge on any atom is 0.0369 e. The van der Waals surface area contributed by atoms with Crippen molar-refractivity contribution in [2.45, 2.75) is 33.2 Å². The van der Waals surface area contributed by atoms with E-state index in [9.17, 15) is 0 Å². The molecule has 0 spiro atoms. The zero-order chi connectivity index (χ0) is 12.0. The second-order valence-electron chi connectivity index (χ2n) is 4.27. The van der Waals surface area contributed by atoms with Gasteiger partial charge in [0.05, 0.1) is 0 Å². The fraction of sp³-hybridized carbons (Fsp3) is 0.571. The standard InChI is InChI=1S/C14H24N2/c1-5-13(15-4)11-16(6-2)14-9-7-8-12(3)10-14/h7-10,13,15H,5-6,11H2,1-4H3. The third-order valence-electron chi connectivity index (χ3n) is 3.09. The average molecular weight is 220 g/mol. The normalized spacial score (nSPS) is 12.5. The monoisotopic (exact) mass is 220 g/mol. The van der Waals surface area contributed by atoms with E-state index in [0.29, 0.717) is 6.04 Å². The number of rotatable bonds is 6. The fourth-order valence-corrected chi connectivity index (χ4v) is 1.93. The van der Waals surface area contributed by atoms with Crippen molar-refractivity contribution in [3.63, 3.8) is 0 Å². The Kier molecular flexibility index (Phi) is 5.33.